The van der Waals surface area contributed by atoms with Crippen LogP contribution in [0.5, 0.6) is 5.75 Å². The SMILES string of the molecule is O[C@@H]1CCCC[C@H]1Oc1ccc(F)cc1Cl. The molecule has 0 aromatic heterocycles. The molecule has 0 unspecified atom stereocenters. The quantitative estimate of drug-likeness (QED) is 0.866. The highest BCUT2D eigenvalue weighted by atomic mass is 35.5. The van der Waals surface area contributed by atoms with Crippen LogP contribution in [0.2, 0.25) is 5.02 Å². The Morgan fingerprint density at radius 2 is 2.06 bits per heavy atom. The van der Waals surface area contributed by atoms with Gasteiger partial charge in [-0.25, -0.2) is 4.39 Å². The van der Waals surface area contributed by atoms with Crippen LogP contribution in [0.1, 0.15) is 25.7 Å². The van der Waals surface area contributed by atoms with Crippen LogP contribution < -0.4 is 4.74 Å². The van der Waals surface area contributed by atoms with Gasteiger partial charge in [0.25, 0.3) is 0 Å². The summed E-state index contributed by atoms with van der Waals surface area (Å²) in [7, 11) is 0. The summed E-state index contributed by atoms with van der Waals surface area (Å²) in [6.07, 6.45) is 2.96. The van der Waals surface area contributed by atoms with E-state index in [1.807, 2.05) is 0 Å². The first-order valence-corrected chi connectivity index (χ1v) is 5.84. The smallest absolute Gasteiger partial charge is 0.138 e. The topological polar surface area (TPSA) is 29.5 Å². The van der Waals surface area contributed by atoms with Gasteiger partial charge >= 0.3 is 0 Å². The third kappa shape index (κ3) is 2.66. The molecule has 4 heteroatoms. The van der Waals surface area contributed by atoms with Gasteiger partial charge in [0.15, 0.2) is 0 Å². The van der Waals surface area contributed by atoms with Crippen molar-refractivity contribution in [3.63, 3.8) is 0 Å². The number of rotatable bonds is 2. The molecular formula is C12H14ClFO2. The van der Waals surface area contributed by atoms with Crippen molar-refractivity contribution in [2.24, 2.45) is 0 Å². The van der Waals surface area contributed by atoms with Gasteiger partial charge in [-0.15, -0.1) is 0 Å². The van der Waals surface area contributed by atoms with Crippen LogP contribution in [0.15, 0.2) is 18.2 Å². The van der Waals surface area contributed by atoms with Gasteiger partial charge in [-0.1, -0.05) is 18.0 Å². The average Bonchev–Trinajstić information content (AvgIpc) is 2.25. The highest BCUT2D eigenvalue weighted by Crippen LogP contribution is 2.29. The van der Waals surface area contributed by atoms with Crippen molar-refractivity contribution in [1.29, 1.82) is 0 Å². The minimum atomic E-state index is -0.449. The first-order valence-electron chi connectivity index (χ1n) is 5.46. The van der Waals surface area contributed by atoms with E-state index in [4.69, 9.17) is 16.3 Å². The van der Waals surface area contributed by atoms with E-state index in [1.54, 1.807) is 0 Å². The first-order chi connectivity index (χ1) is 7.66. The van der Waals surface area contributed by atoms with Crippen molar-refractivity contribution in [3.05, 3.63) is 29.0 Å². The normalized spacial score (nSPS) is 25.4. The van der Waals surface area contributed by atoms with E-state index in [2.05, 4.69) is 0 Å². The van der Waals surface area contributed by atoms with Gasteiger partial charge in [0.1, 0.15) is 17.7 Å². The van der Waals surface area contributed by atoms with Gasteiger partial charge in [0.05, 0.1) is 11.1 Å². The van der Waals surface area contributed by atoms with E-state index in [0.717, 1.165) is 25.7 Å². The highest BCUT2D eigenvalue weighted by molar-refractivity contribution is 6.32. The van der Waals surface area contributed by atoms with Crippen molar-refractivity contribution >= 4 is 11.6 Å². The molecule has 0 saturated heterocycles. The van der Waals surface area contributed by atoms with Crippen molar-refractivity contribution in [1.82, 2.24) is 0 Å². The second-order valence-corrected chi connectivity index (χ2v) is 4.49. The summed E-state index contributed by atoms with van der Waals surface area (Å²) >= 11 is 5.85. The van der Waals surface area contributed by atoms with Gasteiger partial charge < -0.3 is 9.84 Å². The lowest BCUT2D eigenvalue weighted by Crippen LogP contribution is -2.34. The third-order valence-electron chi connectivity index (χ3n) is 2.84. The minimum Gasteiger partial charge on any atom is -0.486 e. The van der Waals surface area contributed by atoms with E-state index in [1.165, 1.54) is 18.2 Å². The Morgan fingerprint density at radius 1 is 1.31 bits per heavy atom. The van der Waals surface area contributed by atoms with Crippen LogP contribution >= 0.6 is 11.6 Å². The number of benzene rings is 1. The van der Waals surface area contributed by atoms with Crippen LogP contribution in [0.3, 0.4) is 0 Å². The molecule has 0 heterocycles. The fraction of sp³-hybridized carbons (Fsp3) is 0.500. The minimum absolute atomic E-state index is 0.225. The largest absolute Gasteiger partial charge is 0.486 e. The maximum Gasteiger partial charge on any atom is 0.138 e. The fourth-order valence-electron chi connectivity index (χ4n) is 1.95. The molecule has 16 heavy (non-hydrogen) atoms. The molecule has 1 fully saturated rings. The van der Waals surface area contributed by atoms with Crippen LogP contribution in [0.4, 0.5) is 4.39 Å². The number of aliphatic hydroxyl groups is 1. The lowest BCUT2D eigenvalue weighted by atomic mass is 9.95. The predicted molar refractivity (Wildman–Crippen MR) is 60.3 cm³/mol. The Bertz CT molecular complexity index is 370. The summed E-state index contributed by atoms with van der Waals surface area (Å²) in [5, 5.41) is 9.98. The van der Waals surface area contributed by atoms with Crippen LogP contribution in [0.25, 0.3) is 0 Å². The van der Waals surface area contributed by atoms with Gasteiger partial charge in [-0.2, -0.15) is 0 Å². The molecule has 1 aromatic rings. The Morgan fingerprint density at radius 3 is 2.75 bits per heavy atom. The summed E-state index contributed by atoms with van der Waals surface area (Å²) in [6.45, 7) is 0. The molecule has 0 aliphatic heterocycles. The standard InChI is InChI=1S/C12H14ClFO2/c13-9-7-8(14)5-6-11(9)16-12-4-2-1-3-10(12)15/h5-7,10,12,15H,1-4H2/t10-,12-/m1/s1. The molecule has 0 amide bonds. The molecule has 0 spiro atoms. The zero-order chi connectivity index (χ0) is 11.5. The molecule has 2 rings (SSSR count). The van der Waals surface area contributed by atoms with Crippen molar-refractivity contribution in [2.75, 3.05) is 0 Å². The lowest BCUT2D eigenvalue weighted by Gasteiger charge is -2.28. The maximum atomic E-state index is 12.8. The molecule has 2 atom stereocenters. The fourth-order valence-corrected chi connectivity index (χ4v) is 2.16. The Hall–Kier alpha value is -0.800. The first kappa shape index (κ1) is 11.7. The van der Waals surface area contributed by atoms with Crippen molar-refractivity contribution in [3.8, 4) is 5.75 Å². The zero-order valence-corrected chi connectivity index (χ0v) is 9.58. The molecule has 1 saturated carbocycles. The van der Waals surface area contributed by atoms with E-state index in [0.29, 0.717) is 5.75 Å². The van der Waals surface area contributed by atoms with Gasteiger partial charge in [-0.3, -0.25) is 0 Å². The number of halogens is 2. The second-order valence-electron chi connectivity index (χ2n) is 4.08. The van der Waals surface area contributed by atoms with E-state index < -0.39 is 6.10 Å². The molecule has 0 radical (unpaired) electrons. The Kier molecular flexibility index (Phi) is 3.66. The monoisotopic (exact) mass is 244 g/mol. The molecular weight excluding hydrogens is 231 g/mol. The Labute approximate surface area is 99.0 Å². The van der Waals surface area contributed by atoms with Crippen LogP contribution in [-0.2, 0) is 0 Å². The summed E-state index contributed by atoms with van der Waals surface area (Å²) in [4.78, 5) is 0. The zero-order valence-electron chi connectivity index (χ0n) is 8.83. The summed E-state index contributed by atoms with van der Waals surface area (Å²) in [6, 6.07) is 4.02. The third-order valence-corrected chi connectivity index (χ3v) is 3.14. The summed E-state index contributed by atoms with van der Waals surface area (Å²) in [5.41, 5.74) is 0. The molecule has 2 nitrogen and oxygen atoms in total. The van der Waals surface area contributed by atoms with Crippen molar-refractivity contribution < 1.29 is 14.2 Å². The summed E-state index contributed by atoms with van der Waals surface area (Å²) in [5.74, 6) is 0.0514. The van der Waals surface area contributed by atoms with Gasteiger partial charge in [-0.05, 0) is 37.5 Å². The molecule has 1 N–H and O–H groups in total. The second kappa shape index (κ2) is 5.02. The molecule has 1 aliphatic rings. The van der Waals surface area contributed by atoms with Gasteiger partial charge in [0.2, 0.25) is 0 Å². The van der Waals surface area contributed by atoms with Crippen molar-refractivity contribution in [2.45, 2.75) is 37.9 Å². The lowest BCUT2D eigenvalue weighted by molar-refractivity contribution is 0.00690. The van der Waals surface area contributed by atoms with Crippen LogP contribution in [-0.4, -0.2) is 17.3 Å². The van der Waals surface area contributed by atoms with Gasteiger partial charge in [0, 0.05) is 0 Å². The van der Waals surface area contributed by atoms with E-state index in [-0.39, 0.29) is 16.9 Å². The van der Waals surface area contributed by atoms with E-state index in [9.17, 15) is 9.50 Å². The molecule has 88 valence electrons. The predicted octanol–water partition coefficient (Wildman–Crippen LogP) is 3.16. The highest BCUT2D eigenvalue weighted by Gasteiger charge is 2.25. The molecule has 1 aromatic carbocycles. The summed E-state index contributed by atoms with van der Waals surface area (Å²) < 4.78 is 18.4. The molecule has 1 aliphatic carbocycles. The number of hydrogen-bond donors (Lipinski definition) is 1. The van der Waals surface area contributed by atoms with E-state index >= 15 is 0 Å². The maximum absolute atomic E-state index is 12.8. The number of hydrogen-bond acceptors (Lipinski definition) is 2. The van der Waals surface area contributed by atoms with Crippen LogP contribution in [0, 0.1) is 5.82 Å². The number of ether oxygens (including phenoxy) is 1. The molecule has 0 bridgehead atoms. The Balaban J connectivity index is 2.07. The number of aliphatic hydroxyl groups excluding tert-OH is 1. The average molecular weight is 245 g/mol.